The van der Waals surface area contributed by atoms with E-state index in [4.69, 9.17) is 0 Å². The maximum absolute atomic E-state index is 12.3. The predicted octanol–water partition coefficient (Wildman–Crippen LogP) is 2.92. The third-order valence-corrected chi connectivity index (χ3v) is 4.44. The summed E-state index contributed by atoms with van der Waals surface area (Å²) in [5.41, 5.74) is 1.58. The highest BCUT2D eigenvalue weighted by atomic mass is 19.4. The average Bonchev–Trinajstić information content (AvgIpc) is 3.08. The summed E-state index contributed by atoms with van der Waals surface area (Å²) in [5, 5.41) is 8.24. The molecule has 1 unspecified atom stereocenters. The molecule has 0 N–H and O–H groups in total. The SMILES string of the molecule is O=C(CCC(F)(F)F)N1CCCC(Cn2cc(-c3cccnc3)nn2)C1. The molecule has 2 aromatic rings. The maximum Gasteiger partial charge on any atom is 0.389 e. The van der Waals surface area contributed by atoms with Gasteiger partial charge in [0.2, 0.25) is 5.91 Å². The fourth-order valence-electron chi connectivity index (χ4n) is 3.15. The second kappa shape index (κ2) is 7.84. The maximum atomic E-state index is 12.3. The number of amides is 1. The fourth-order valence-corrected chi connectivity index (χ4v) is 3.15. The Morgan fingerprint density at radius 1 is 1.35 bits per heavy atom. The van der Waals surface area contributed by atoms with Gasteiger partial charge in [0.1, 0.15) is 5.69 Å². The molecule has 1 aliphatic rings. The van der Waals surface area contributed by atoms with Crippen LogP contribution in [0.5, 0.6) is 0 Å². The van der Waals surface area contributed by atoms with Crippen LogP contribution in [0.4, 0.5) is 13.2 Å². The lowest BCUT2D eigenvalue weighted by Gasteiger charge is -2.32. The molecule has 0 aromatic carbocycles. The molecule has 0 radical (unpaired) electrons. The van der Waals surface area contributed by atoms with Crippen LogP contribution in [-0.2, 0) is 11.3 Å². The van der Waals surface area contributed by atoms with Crippen molar-refractivity contribution in [1.82, 2.24) is 24.9 Å². The number of carbonyl (C=O) groups is 1. The van der Waals surface area contributed by atoms with Gasteiger partial charge in [0.05, 0.1) is 12.6 Å². The van der Waals surface area contributed by atoms with Gasteiger partial charge in [-0.15, -0.1) is 5.10 Å². The predicted molar refractivity (Wildman–Crippen MR) is 87.8 cm³/mol. The van der Waals surface area contributed by atoms with Crippen LogP contribution in [0.1, 0.15) is 25.7 Å². The number of alkyl halides is 3. The Balaban J connectivity index is 1.55. The molecule has 26 heavy (non-hydrogen) atoms. The van der Waals surface area contributed by atoms with Gasteiger partial charge in [0, 0.05) is 44.0 Å². The second-order valence-corrected chi connectivity index (χ2v) is 6.53. The van der Waals surface area contributed by atoms with Crippen molar-refractivity contribution in [3.63, 3.8) is 0 Å². The molecule has 2 aromatic heterocycles. The number of halogens is 3. The monoisotopic (exact) mass is 367 g/mol. The van der Waals surface area contributed by atoms with Gasteiger partial charge in [-0.05, 0) is 30.9 Å². The number of rotatable bonds is 5. The molecule has 9 heteroatoms. The zero-order chi connectivity index (χ0) is 18.6. The lowest BCUT2D eigenvalue weighted by atomic mass is 9.97. The molecular formula is C17H20F3N5O. The molecule has 1 atom stereocenters. The van der Waals surface area contributed by atoms with Crippen molar-refractivity contribution < 1.29 is 18.0 Å². The van der Waals surface area contributed by atoms with E-state index in [2.05, 4.69) is 15.3 Å². The first-order valence-corrected chi connectivity index (χ1v) is 8.56. The van der Waals surface area contributed by atoms with Gasteiger partial charge in [-0.1, -0.05) is 5.21 Å². The molecule has 0 saturated carbocycles. The van der Waals surface area contributed by atoms with Crippen LogP contribution in [0.3, 0.4) is 0 Å². The van der Waals surface area contributed by atoms with E-state index in [0.29, 0.717) is 25.3 Å². The standard InChI is InChI=1S/C17H20F3N5O/c18-17(19,20)6-5-16(26)24-8-2-3-13(10-24)11-25-12-15(22-23-25)14-4-1-7-21-9-14/h1,4,7,9,12-13H,2-3,5-6,8,10-11H2. The van der Waals surface area contributed by atoms with Crippen molar-refractivity contribution in [2.24, 2.45) is 5.92 Å². The van der Waals surface area contributed by atoms with Crippen LogP contribution in [0.15, 0.2) is 30.7 Å². The Morgan fingerprint density at radius 3 is 2.92 bits per heavy atom. The minimum Gasteiger partial charge on any atom is -0.342 e. The Morgan fingerprint density at radius 2 is 2.19 bits per heavy atom. The van der Waals surface area contributed by atoms with Crippen molar-refractivity contribution in [2.75, 3.05) is 13.1 Å². The van der Waals surface area contributed by atoms with Gasteiger partial charge < -0.3 is 4.90 Å². The number of nitrogens with zero attached hydrogens (tertiary/aromatic N) is 5. The van der Waals surface area contributed by atoms with Gasteiger partial charge in [-0.25, -0.2) is 0 Å². The van der Waals surface area contributed by atoms with E-state index in [0.717, 1.165) is 18.4 Å². The first-order valence-electron chi connectivity index (χ1n) is 8.56. The molecule has 1 fully saturated rings. The number of carbonyl (C=O) groups excluding carboxylic acids is 1. The van der Waals surface area contributed by atoms with E-state index < -0.39 is 24.9 Å². The summed E-state index contributed by atoms with van der Waals surface area (Å²) in [6.07, 6.45) is 1.05. The summed E-state index contributed by atoms with van der Waals surface area (Å²) in [7, 11) is 0. The van der Waals surface area contributed by atoms with Crippen LogP contribution in [0.2, 0.25) is 0 Å². The molecule has 140 valence electrons. The van der Waals surface area contributed by atoms with E-state index in [9.17, 15) is 18.0 Å². The minimum atomic E-state index is -4.30. The number of pyridine rings is 1. The van der Waals surface area contributed by atoms with Crippen molar-refractivity contribution in [2.45, 2.75) is 38.4 Å². The first kappa shape index (κ1) is 18.3. The summed E-state index contributed by atoms with van der Waals surface area (Å²) >= 11 is 0. The summed E-state index contributed by atoms with van der Waals surface area (Å²) in [4.78, 5) is 17.6. The van der Waals surface area contributed by atoms with Crippen LogP contribution >= 0.6 is 0 Å². The van der Waals surface area contributed by atoms with Crippen molar-refractivity contribution in [3.05, 3.63) is 30.7 Å². The van der Waals surface area contributed by atoms with E-state index in [1.54, 1.807) is 22.0 Å². The van der Waals surface area contributed by atoms with Gasteiger partial charge >= 0.3 is 6.18 Å². The quantitative estimate of drug-likeness (QED) is 0.815. The summed E-state index contributed by atoms with van der Waals surface area (Å²) in [6, 6.07) is 3.71. The highest BCUT2D eigenvalue weighted by Gasteiger charge is 2.30. The molecule has 6 nitrogen and oxygen atoms in total. The van der Waals surface area contributed by atoms with Crippen molar-refractivity contribution in [3.8, 4) is 11.3 Å². The number of hydrogen-bond acceptors (Lipinski definition) is 4. The third kappa shape index (κ3) is 5.03. The number of likely N-dealkylation sites (tertiary alicyclic amines) is 1. The molecule has 3 heterocycles. The molecule has 1 saturated heterocycles. The van der Waals surface area contributed by atoms with Gasteiger partial charge in [0.15, 0.2) is 0 Å². The van der Waals surface area contributed by atoms with Crippen LogP contribution < -0.4 is 0 Å². The summed E-state index contributed by atoms with van der Waals surface area (Å²) < 4.78 is 38.6. The summed E-state index contributed by atoms with van der Waals surface area (Å²) in [6.45, 7) is 1.56. The Labute approximate surface area is 149 Å². The van der Waals surface area contributed by atoms with Crippen LogP contribution in [0, 0.1) is 5.92 Å². The van der Waals surface area contributed by atoms with Gasteiger partial charge in [0.25, 0.3) is 0 Å². The molecule has 0 aliphatic carbocycles. The molecule has 0 spiro atoms. The Bertz CT molecular complexity index is 731. The van der Waals surface area contributed by atoms with E-state index in [1.807, 2.05) is 18.3 Å². The molecule has 3 rings (SSSR count). The number of hydrogen-bond donors (Lipinski definition) is 0. The zero-order valence-electron chi connectivity index (χ0n) is 14.2. The fraction of sp³-hybridized carbons (Fsp3) is 0.529. The lowest BCUT2D eigenvalue weighted by Crippen LogP contribution is -2.41. The van der Waals surface area contributed by atoms with Crippen LogP contribution in [0.25, 0.3) is 11.3 Å². The van der Waals surface area contributed by atoms with Gasteiger partial charge in [-0.3, -0.25) is 14.5 Å². The average molecular weight is 367 g/mol. The van der Waals surface area contributed by atoms with Crippen molar-refractivity contribution in [1.29, 1.82) is 0 Å². The third-order valence-electron chi connectivity index (χ3n) is 4.44. The lowest BCUT2D eigenvalue weighted by molar-refractivity contribution is -0.150. The number of aromatic nitrogens is 4. The smallest absolute Gasteiger partial charge is 0.342 e. The molecular weight excluding hydrogens is 347 g/mol. The second-order valence-electron chi connectivity index (χ2n) is 6.53. The van der Waals surface area contributed by atoms with E-state index in [1.165, 1.54) is 0 Å². The molecule has 1 aliphatic heterocycles. The Hall–Kier alpha value is -2.45. The van der Waals surface area contributed by atoms with Crippen LogP contribution in [-0.4, -0.2) is 50.1 Å². The highest BCUT2D eigenvalue weighted by molar-refractivity contribution is 5.76. The normalized spacial score (nSPS) is 18.1. The minimum absolute atomic E-state index is 0.155. The number of piperidine rings is 1. The first-order chi connectivity index (χ1) is 12.4. The van der Waals surface area contributed by atoms with E-state index >= 15 is 0 Å². The van der Waals surface area contributed by atoms with Crippen molar-refractivity contribution >= 4 is 5.91 Å². The Kier molecular flexibility index (Phi) is 5.53. The van der Waals surface area contributed by atoms with Gasteiger partial charge in [-0.2, -0.15) is 13.2 Å². The van der Waals surface area contributed by atoms with E-state index in [-0.39, 0.29) is 5.92 Å². The zero-order valence-corrected chi connectivity index (χ0v) is 14.2. The summed E-state index contributed by atoms with van der Waals surface area (Å²) in [5.74, 6) is -0.274. The largest absolute Gasteiger partial charge is 0.389 e. The molecule has 1 amide bonds. The topological polar surface area (TPSA) is 63.9 Å². The highest BCUT2D eigenvalue weighted by Crippen LogP contribution is 2.24. The molecule has 0 bridgehead atoms.